The van der Waals surface area contributed by atoms with Crippen molar-refractivity contribution in [3.05, 3.63) is 87.1 Å². The van der Waals surface area contributed by atoms with Crippen LogP contribution in [0, 0.1) is 20.8 Å². The molecule has 174 valence electrons. The van der Waals surface area contributed by atoms with Gasteiger partial charge in [-0.3, -0.25) is 4.79 Å². The van der Waals surface area contributed by atoms with Crippen molar-refractivity contribution in [1.29, 1.82) is 0 Å². The summed E-state index contributed by atoms with van der Waals surface area (Å²) in [5.74, 6) is -0.0751. The highest BCUT2D eigenvalue weighted by molar-refractivity contribution is 7.11. The highest BCUT2D eigenvalue weighted by Crippen LogP contribution is 2.20. The van der Waals surface area contributed by atoms with Crippen LogP contribution in [-0.4, -0.2) is 34.3 Å². The van der Waals surface area contributed by atoms with E-state index < -0.39 is 0 Å². The zero-order chi connectivity index (χ0) is 24.0. The molecule has 0 saturated heterocycles. The van der Waals surface area contributed by atoms with Crippen LogP contribution in [-0.2, 0) is 17.9 Å². The standard InChI is InChI=1S/C27H33N3O2S/c1-19(2)30(27(32)28-24-13-11-20(3)21(4)15-24)18-26(31)29(16-23-9-7-6-8-10-23)17-25-14-12-22(5)33-25/h6-15,19H,16-18H2,1-5H3,(H,28,32). The van der Waals surface area contributed by atoms with E-state index in [-0.39, 0.29) is 24.5 Å². The van der Waals surface area contributed by atoms with Crippen LogP contribution >= 0.6 is 11.3 Å². The fraction of sp³-hybridized carbons (Fsp3) is 0.333. The molecule has 0 atom stereocenters. The molecule has 3 rings (SSSR count). The molecule has 0 aliphatic rings. The molecule has 0 fully saturated rings. The number of thiophene rings is 1. The van der Waals surface area contributed by atoms with Gasteiger partial charge in [-0.25, -0.2) is 4.79 Å². The normalized spacial score (nSPS) is 10.8. The molecule has 0 radical (unpaired) electrons. The van der Waals surface area contributed by atoms with Crippen LogP contribution in [0.4, 0.5) is 10.5 Å². The Morgan fingerprint density at radius 1 is 0.909 bits per heavy atom. The maximum absolute atomic E-state index is 13.4. The van der Waals surface area contributed by atoms with Gasteiger partial charge in [0.25, 0.3) is 0 Å². The Morgan fingerprint density at radius 3 is 2.24 bits per heavy atom. The molecule has 2 aromatic carbocycles. The van der Waals surface area contributed by atoms with E-state index in [1.807, 2.05) is 81.1 Å². The van der Waals surface area contributed by atoms with Crippen molar-refractivity contribution in [2.24, 2.45) is 0 Å². The Bertz CT molecular complexity index is 1090. The molecule has 0 aliphatic carbocycles. The lowest BCUT2D eigenvalue weighted by Gasteiger charge is -2.30. The second-order valence-electron chi connectivity index (χ2n) is 8.70. The van der Waals surface area contributed by atoms with Crippen LogP contribution in [0.15, 0.2) is 60.7 Å². The molecular weight excluding hydrogens is 430 g/mol. The number of anilines is 1. The van der Waals surface area contributed by atoms with E-state index in [1.165, 1.54) is 10.4 Å². The third kappa shape index (κ3) is 6.93. The van der Waals surface area contributed by atoms with Gasteiger partial charge in [0.15, 0.2) is 0 Å². The third-order valence-electron chi connectivity index (χ3n) is 5.66. The minimum Gasteiger partial charge on any atom is -0.332 e. The molecule has 33 heavy (non-hydrogen) atoms. The first kappa shape index (κ1) is 24.5. The number of rotatable bonds is 8. The van der Waals surface area contributed by atoms with Crippen LogP contribution in [0.5, 0.6) is 0 Å². The minimum atomic E-state index is -0.270. The second kappa shape index (κ2) is 11.1. The molecular formula is C27H33N3O2S. The zero-order valence-electron chi connectivity index (χ0n) is 20.1. The van der Waals surface area contributed by atoms with E-state index in [1.54, 1.807) is 16.2 Å². The van der Waals surface area contributed by atoms with E-state index in [9.17, 15) is 9.59 Å². The van der Waals surface area contributed by atoms with Crippen molar-refractivity contribution in [2.45, 2.75) is 53.8 Å². The number of carbonyl (C=O) groups excluding carboxylic acids is 2. The minimum absolute atomic E-state index is 0.0194. The van der Waals surface area contributed by atoms with Crippen LogP contribution in [0.1, 0.15) is 40.3 Å². The predicted octanol–water partition coefficient (Wildman–Crippen LogP) is 6.14. The van der Waals surface area contributed by atoms with Crippen molar-refractivity contribution < 1.29 is 9.59 Å². The number of hydrogen-bond donors (Lipinski definition) is 1. The molecule has 0 spiro atoms. The summed E-state index contributed by atoms with van der Waals surface area (Å²) >= 11 is 1.69. The number of urea groups is 1. The van der Waals surface area contributed by atoms with Crippen LogP contribution in [0.25, 0.3) is 0 Å². The lowest BCUT2D eigenvalue weighted by Crippen LogP contribution is -2.47. The van der Waals surface area contributed by atoms with E-state index in [0.717, 1.165) is 21.7 Å². The Balaban J connectivity index is 1.75. The van der Waals surface area contributed by atoms with Crippen molar-refractivity contribution in [2.75, 3.05) is 11.9 Å². The predicted molar refractivity (Wildman–Crippen MR) is 137 cm³/mol. The molecule has 6 heteroatoms. The van der Waals surface area contributed by atoms with Crippen LogP contribution in [0.3, 0.4) is 0 Å². The molecule has 0 saturated carbocycles. The molecule has 0 unspecified atom stereocenters. The quantitative estimate of drug-likeness (QED) is 0.436. The van der Waals surface area contributed by atoms with Gasteiger partial charge in [0.1, 0.15) is 6.54 Å². The number of nitrogens with zero attached hydrogens (tertiary/aromatic N) is 2. The fourth-order valence-electron chi connectivity index (χ4n) is 3.54. The molecule has 0 bridgehead atoms. The van der Waals surface area contributed by atoms with E-state index in [4.69, 9.17) is 0 Å². The van der Waals surface area contributed by atoms with E-state index >= 15 is 0 Å². The van der Waals surface area contributed by atoms with Gasteiger partial charge in [-0.15, -0.1) is 11.3 Å². The van der Waals surface area contributed by atoms with Crippen molar-refractivity contribution in [3.8, 4) is 0 Å². The highest BCUT2D eigenvalue weighted by atomic mass is 32.1. The molecule has 0 aliphatic heterocycles. The van der Waals surface area contributed by atoms with Gasteiger partial charge in [0.2, 0.25) is 5.91 Å². The van der Waals surface area contributed by atoms with Gasteiger partial charge in [-0.2, -0.15) is 0 Å². The summed E-state index contributed by atoms with van der Waals surface area (Å²) < 4.78 is 0. The van der Waals surface area contributed by atoms with Gasteiger partial charge in [0.05, 0.1) is 6.54 Å². The van der Waals surface area contributed by atoms with E-state index in [0.29, 0.717) is 13.1 Å². The number of hydrogen-bond acceptors (Lipinski definition) is 3. The maximum Gasteiger partial charge on any atom is 0.322 e. The second-order valence-corrected chi connectivity index (χ2v) is 10.1. The molecule has 3 amide bonds. The van der Waals surface area contributed by atoms with Gasteiger partial charge in [-0.05, 0) is 75.6 Å². The number of aryl methyl sites for hydroxylation is 3. The first-order chi connectivity index (χ1) is 15.7. The van der Waals surface area contributed by atoms with Crippen LogP contribution in [0.2, 0.25) is 0 Å². The first-order valence-corrected chi connectivity index (χ1v) is 12.1. The summed E-state index contributed by atoms with van der Waals surface area (Å²) in [5.41, 5.74) is 4.08. The van der Waals surface area contributed by atoms with Crippen molar-refractivity contribution in [3.63, 3.8) is 0 Å². The topological polar surface area (TPSA) is 52.7 Å². The lowest BCUT2D eigenvalue weighted by molar-refractivity contribution is -0.133. The zero-order valence-corrected chi connectivity index (χ0v) is 20.9. The van der Waals surface area contributed by atoms with Crippen LogP contribution < -0.4 is 5.32 Å². The smallest absolute Gasteiger partial charge is 0.322 e. The molecule has 1 heterocycles. The van der Waals surface area contributed by atoms with Crippen molar-refractivity contribution >= 4 is 29.0 Å². The highest BCUT2D eigenvalue weighted by Gasteiger charge is 2.24. The number of amides is 3. The lowest BCUT2D eigenvalue weighted by atomic mass is 10.1. The maximum atomic E-state index is 13.4. The summed E-state index contributed by atoms with van der Waals surface area (Å²) in [6, 6.07) is 19.5. The van der Waals surface area contributed by atoms with E-state index in [2.05, 4.69) is 24.4 Å². The fourth-order valence-corrected chi connectivity index (χ4v) is 4.45. The van der Waals surface area contributed by atoms with Gasteiger partial charge < -0.3 is 15.1 Å². The molecule has 1 aromatic heterocycles. The largest absolute Gasteiger partial charge is 0.332 e. The summed E-state index contributed by atoms with van der Waals surface area (Å²) in [7, 11) is 0. The molecule has 1 N–H and O–H groups in total. The number of benzene rings is 2. The average Bonchev–Trinajstić information content (AvgIpc) is 3.19. The SMILES string of the molecule is Cc1ccc(CN(Cc2ccccc2)C(=O)CN(C(=O)Nc2ccc(C)c(C)c2)C(C)C)s1. The monoisotopic (exact) mass is 463 g/mol. The third-order valence-corrected chi connectivity index (χ3v) is 6.65. The van der Waals surface area contributed by atoms with Gasteiger partial charge in [-0.1, -0.05) is 36.4 Å². The number of nitrogens with one attached hydrogen (secondary N) is 1. The molecule has 3 aromatic rings. The Hall–Kier alpha value is -3.12. The number of carbonyl (C=O) groups is 2. The summed E-state index contributed by atoms with van der Waals surface area (Å²) in [6.45, 7) is 11.0. The van der Waals surface area contributed by atoms with Crippen molar-refractivity contribution in [1.82, 2.24) is 9.80 Å². The Morgan fingerprint density at radius 2 is 1.64 bits per heavy atom. The van der Waals surface area contributed by atoms with Gasteiger partial charge in [0, 0.05) is 28.0 Å². The summed E-state index contributed by atoms with van der Waals surface area (Å²) in [6.07, 6.45) is 0. The summed E-state index contributed by atoms with van der Waals surface area (Å²) in [5, 5.41) is 2.96. The average molecular weight is 464 g/mol. The summed E-state index contributed by atoms with van der Waals surface area (Å²) in [4.78, 5) is 32.3. The molecule has 5 nitrogen and oxygen atoms in total. The first-order valence-electron chi connectivity index (χ1n) is 11.2. The van der Waals surface area contributed by atoms with Gasteiger partial charge >= 0.3 is 6.03 Å². The Labute approximate surface area is 201 Å². The Kier molecular flexibility index (Phi) is 8.28.